The van der Waals surface area contributed by atoms with Crippen molar-refractivity contribution in [2.75, 3.05) is 32.2 Å². The first-order valence-corrected chi connectivity index (χ1v) is 10.6. The Morgan fingerprint density at radius 2 is 1.91 bits per heavy atom. The molecule has 1 saturated heterocycles. The summed E-state index contributed by atoms with van der Waals surface area (Å²) in [6.45, 7) is 4.30. The molecule has 0 radical (unpaired) electrons. The van der Waals surface area contributed by atoms with E-state index in [1.807, 2.05) is 4.90 Å². The van der Waals surface area contributed by atoms with Crippen molar-refractivity contribution in [3.05, 3.63) is 53.6 Å². The number of nitrogens with one attached hydrogen (secondary N) is 1. The lowest BCUT2D eigenvalue weighted by atomic mass is 10.0. The molecule has 0 aliphatic carbocycles. The zero-order valence-electron chi connectivity index (χ0n) is 18.9. The van der Waals surface area contributed by atoms with E-state index >= 15 is 0 Å². The van der Waals surface area contributed by atoms with Gasteiger partial charge in [0.05, 0.1) is 25.5 Å². The lowest BCUT2D eigenvalue weighted by Gasteiger charge is -2.27. The van der Waals surface area contributed by atoms with Gasteiger partial charge in [0, 0.05) is 18.7 Å². The summed E-state index contributed by atoms with van der Waals surface area (Å²) in [6.07, 6.45) is 0.764. The number of aliphatic imine (C=N–C) groups is 2. The number of hydrogen-bond donors (Lipinski definition) is 1. The Hall–Kier alpha value is -3.93. The van der Waals surface area contributed by atoms with Gasteiger partial charge in [-0.3, -0.25) is 14.7 Å². The van der Waals surface area contributed by atoms with Crippen LogP contribution >= 0.6 is 0 Å². The predicted octanol–water partition coefficient (Wildman–Crippen LogP) is 3.75. The van der Waals surface area contributed by atoms with Crippen molar-refractivity contribution in [2.45, 2.75) is 19.0 Å². The molecule has 0 spiro atoms. The second kappa shape index (κ2) is 12.0. The Balaban J connectivity index is 1.93. The van der Waals surface area contributed by atoms with Crippen molar-refractivity contribution in [3.8, 4) is 11.1 Å². The molecule has 1 aliphatic heterocycles. The van der Waals surface area contributed by atoms with E-state index < -0.39 is 24.0 Å². The van der Waals surface area contributed by atoms with Crippen LogP contribution in [0, 0.1) is 0 Å². The Morgan fingerprint density at radius 3 is 2.51 bits per heavy atom. The molecule has 0 unspecified atom stereocenters. The first-order chi connectivity index (χ1) is 16.8. The SMILES string of the molecule is C=N/C=C(F)\C(=N/CN1CCC(F)CC1)Nc1cc(-c2ccc(C(=O)F)cc2)c(C(=O)OC)nn1. The minimum atomic E-state index is -1.60. The maximum Gasteiger partial charge on any atom is 0.359 e. The third-order valence-electron chi connectivity index (χ3n) is 5.22. The molecule has 0 saturated carbocycles. The molecule has 35 heavy (non-hydrogen) atoms. The van der Waals surface area contributed by atoms with Crippen LogP contribution in [0.25, 0.3) is 11.1 Å². The second-order valence-corrected chi connectivity index (χ2v) is 7.56. The highest BCUT2D eigenvalue weighted by Crippen LogP contribution is 2.26. The Kier molecular flexibility index (Phi) is 8.79. The normalized spacial score (nSPS) is 15.5. The van der Waals surface area contributed by atoms with Crippen molar-refractivity contribution in [2.24, 2.45) is 9.98 Å². The lowest BCUT2D eigenvalue weighted by Crippen LogP contribution is -2.35. The third-order valence-corrected chi connectivity index (χ3v) is 5.22. The molecule has 2 aromatic rings. The fourth-order valence-corrected chi connectivity index (χ4v) is 3.35. The lowest BCUT2D eigenvalue weighted by molar-refractivity contribution is 0.0593. The number of nitrogens with zero attached hydrogens (tertiary/aromatic N) is 5. The number of benzene rings is 1. The van der Waals surface area contributed by atoms with Crippen LogP contribution in [0.1, 0.15) is 33.7 Å². The number of carbonyl (C=O) groups excluding carboxylic acids is 2. The number of anilines is 1. The van der Waals surface area contributed by atoms with Gasteiger partial charge in [0.15, 0.2) is 23.2 Å². The Morgan fingerprint density at radius 1 is 1.23 bits per heavy atom. The van der Waals surface area contributed by atoms with Crippen molar-refractivity contribution in [3.63, 3.8) is 0 Å². The summed E-state index contributed by atoms with van der Waals surface area (Å²) in [5.74, 6) is -1.79. The number of amidine groups is 1. The number of rotatable bonds is 8. The van der Waals surface area contributed by atoms with E-state index in [1.54, 1.807) is 0 Å². The number of likely N-dealkylation sites (tertiary alicyclic amines) is 1. The molecule has 1 aromatic heterocycles. The number of halogens is 3. The molecule has 0 bridgehead atoms. The van der Waals surface area contributed by atoms with E-state index in [1.165, 1.54) is 37.4 Å². The van der Waals surface area contributed by atoms with Gasteiger partial charge in [-0.1, -0.05) is 12.1 Å². The summed E-state index contributed by atoms with van der Waals surface area (Å²) >= 11 is 0. The molecule has 1 N–H and O–H groups in total. The van der Waals surface area contributed by atoms with E-state index in [2.05, 4.69) is 32.2 Å². The number of carbonyl (C=O) groups is 2. The van der Waals surface area contributed by atoms with Gasteiger partial charge in [0.25, 0.3) is 0 Å². The van der Waals surface area contributed by atoms with E-state index in [9.17, 15) is 22.8 Å². The van der Waals surface area contributed by atoms with Gasteiger partial charge < -0.3 is 10.1 Å². The molecule has 0 amide bonds. The summed E-state index contributed by atoms with van der Waals surface area (Å²) in [6, 6.07) is 5.15. The van der Waals surface area contributed by atoms with Crippen molar-refractivity contribution in [1.29, 1.82) is 0 Å². The molecule has 3 rings (SSSR count). The molecule has 9 nitrogen and oxygen atoms in total. The predicted molar refractivity (Wildman–Crippen MR) is 125 cm³/mol. The Labute approximate surface area is 199 Å². The molecule has 1 aromatic carbocycles. The second-order valence-electron chi connectivity index (χ2n) is 7.56. The van der Waals surface area contributed by atoms with Crippen LogP contribution in [0.5, 0.6) is 0 Å². The third kappa shape index (κ3) is 6.79. The standard InChI is InChI=1S/C23H23F3N6O3/c1-27-12-18(25)22(28-13-32-9-7-16(24)8-10-32)29-19-11-17(20(31-30-19)23(34)35-2)14-3-5-15(6-4-14)21(26)33/h3-6,11-12,16H,1,7-10,13H2,2H3,(H,28,29,30)/b18-12+. The highest BCUT2D eigenvalue weighted by atomic mass is 19.1. The van der Waals surface area contributed by atoms with Crippen LogP contribution in [0.15, 0.2) is 52.3 Å². The van der Waals surface area contributed by atoms with Gasteiger partial charge in [0.1, 0.15) is 6.17 Å². The average Bonchev–Trinajstić information content (AvgIpc) is 2.87. The fourth-order valence-electron chi connectivity index (χ4n) is 3.35. The number of hydrogen-bond acceptors (Lipinski definition) is 8. The molecule has 1 fully saturated rings. The van der Waals surface area contributed by atoms with Gasteiger partial charge in [-0.15, -0.1) is 10.2 Å². The zero-order chi connectivity index (χ0) is 25.4. The van der Waals surface area contributed by atoms with Crippen molar-refractivity contribution >= 4 is 30.4 Å². The highest BCUT2D eigenvalue weighted by Gasteiger charge is 2.20. The van der Waals surface area contributed by atoms with E-state index in [0.717, 1.165) is 6.20 Å². The summed E-state index contributed by atoms with van der Waals surface area (Å²) in [7, 11) is 1.17. The van der Waals surface area contributed by atoms with Gasteiger partial charge in [-0.25, -0.2) is 18.6 Å². The average molecular weight is 488 g/mol. The van der Waals surface area contributed by atoms with Crippen LogP contribution in [-0.2, 0) is 4.74 Å². The van der Waals surface area contributed by atoms with E-state index in [-0.39, 0.29) is 35.1 Å². The number of esters is 1. The molecule has 12 heteroatoms. The van der Waals surface area contributed by atoms with Gasteiger partial charge in [-0.05, 0) is 43.3 Å². The van der Waals surface area contributed by atoms with Gasteiger partial charge in [0.2, 0.25) is 0 Å². The fraction of sp³-hybridized carbons (Fsp3) is 0.304. The van der Waals surface area contributed by atoms with E-state index in [0.29, 0.717) is 31.5 Å². The molecular formula is C23H23F3N6O3. The van der Waals surface area contributed by atoms with Crippen molar-refractivity contribution < 1.29 is 27.5 Å². The summed E-state index contributed by atoms with van der Waals surface area (Å²) in [5.41, 5.74) is 0.338. The van der Waals surface area contributed by atoms with Gasteiger partial charge in [-0.2, -0.15) is 4.39 Å². The number of aromatic nitrogens is 2. The summed E-state index contributed by atoms with van der Waals surface area (Å²) < 4.78 is 45.7. The monoisotopic (exact) mass is 488 g/mol. The van der Waals surface area contributed by atoms with Crippen molar-refractivity contribution in [1.82, 2.24) is 15.1 Å². The first kappa shape index (κ1) is 25.7. The highest BCUT2D eigenvalue weighted by molar-refractivity contribution is 6.06. The smallest absolute Gasteiger partial charge is 0.359 e. The van der Waals surface area contributed by atoms with Crippen LogP contribution in [0.4, 0.5) is 19.0 Å². The minimum absolute atomic E-state index is 0.0344. The maximum atomic E-state index is 14.6. The Bertz CT molecular complexity index is 1150. The topological polar surface area (TPSA) is 109 Å². The van der Waals surface area contributed by atoms with Crippen LogP contribution in [0.2, 0.25) is 0 Å². The maximum absolute atomic E-state index is 14.6. The molecule has 0 atom stereocenters. The zero-order valence-corrected chi connectivity index (χ0v) is 18.9. The number of ether oxygens (including phenoxy) is 1. The quantitative estimate of drug-likeness (QED) is 0.261. The van der Waals surface area contributed by atoms with Crippen LogP contribution in [0.3, 0.4) is 0 Å². The number of methoxy groups -OCH3 is 1. The summed E-state index contributed by atoms with van der Waals surface area (Å²) in [4.78, 5) is 32.7. The van der Waals surface area contributed by atoms with Gasteiger partial charge >= 0.3 is 12.0 Å². The largest absolute Gasteiger partial charge is 0.464 e. The van der Waals surface area contributed by atoms with Crippen LogP contribution < -0.4 is 5.32 Å². The minimum Gasteiger partial charge on any atom is -0.464 e. The molecule has 1 aliphatic rings. The number of alkyl halides is 1. The summed E-state index contributed by atoms with van der Waals surface area (Å²) in [5, 5.41) is 10.5. The number of piperidine rings is 1. The van der Waals surface area contributed by atoms with Crippen LogP contribution in [-0.4, -0.2) is 72.7 Å². The molecule has 184 valence electrons. The van der Waals surface area contributed by atoms with E-state index in [4.69, 9.17) is 4.74 Å². The molecule has 2 heterocycles. The first-order valence-electron chi connectivity index (χ1n) is 10.6. The molecular weight excluding hydrogens is 465 g/mol.